The number of hydrogen-bond donors (Lipinski definition) is 1. The van der Waals surface area contributed by atoms with E-state index in [1.54, 1.807) is 0 Å². The van der Waals surface area contributed by atoms with Crippen molar-refractivity contribution < 1.29 is 14.6 Å². The summed E-state index contributed by atoms with van der Waals surface area (Å²) in [4.78, 5) is 15.0. The summed E-state index contributed by atoms with van der Waals surface area (Å²) in [6.45, 7) is 1.74. The van der Waals surface area contributed by atoms with Crippen molar-refractivity contribution in [1.29, 1.82) is 0 Å². The van der Waals surface area contributed by atoms with Crippen LogP contribution in [-0.4, -0.2) is 47.8 Å². The molecule has 1 heterocycles. The summed E-state index contributed by atoms with van der Waals surface area (Å²) >= 11 is 0. The van der Waals surface area contributed by atoms with Gasteiger partial charge in [0.2, 0.25) is 5.60 Å². The Morgan fingerprint density at radius 3 is 2.60 bits per heavy atom. The van der Waals surface area contributed by atoms with Crippen molar-refractivity contribution in [3.8, 4) is 11.8 Å². The van der Waals surface area contributed by atoms with Gasteiger partial charge in [-0.05, 0) is 51.4 Å². The van der Waals surface area contributed by atoms with Gasteiger partial charge in [0.15, 0.2) is 0 Å². The van der Waals surface area contributed by atoms with Gasteiger partial charge < -0.3 is 14.7 Å². The molecular formula is C21H27NO3. The average Bonchev–Trinajstić information content (AvgIpc) is 3.16. The van der Waals surface area contributed by atoms with Crippen LogP contribution < -0.4 is 0 Å². The molecular weight excluding hydrogens is 314 g/mol. The van der Waals surface area contributed by atoms with E-state index < -0.39 is 11.6 Å². The Labute approximate surface area is 150 Å². The molecule has 1 saturated carbocycles. The number of likely N-dealkylation sites (tertiary alicyclic amines) is 1. The zero-order valence-electron chi connectivity index (χ0n) is 14.9. The van der Waals surface area contributed by atoms with Crippen LogP contribution in [0.1, 0.15) is 44.1 Å². The SMILES string of the molecule is CN1CCCC(OC(=O)C(O)(C#Cc2ccccc2)C2CCCC2)C1. The van der Waals surface area contributed by atoms with E-state index in [4.69, 9.17) is 4.74 Å². The van der Waals surface area contributed by atoms with Crippen LogP contribution in [0.5, 0.6) is 0 Å². The zero-order valence-corrected chi connectivity index (χ0v) is 14.9. The van der Waals surface area contributed by atoms with E-state index >= 15 is 0 Å². The fraction of sp³-hybridized carbons (Fsp3) is 0.571. The van der Waals surface area contributed by atoms with E-state index in [0.717, 1.165) is 57.2 Å². The molecule has 1 aromatic carbocycles. The van der Waals surface area contributed by atoms with Crippen LogP contribution in [0, 0.1) is 17.8 Å². The molecule has 3 rings (SSSR count). The fourth-order valence-electron chi connectivity index (χ4n) is 3.81. The number of carbonyl (C=O) groups is 1. The Kier molecular flexibility index (Phi) is 5.78. The highest BCUT2D eigenvalue weighted by Crippen LogP contribution is 2.35. The van der Waals surface area contributed by atoms with Crippen molar-refractivity contribution in [1.82, 2.24) is 4.90 Å². The van der Waals surface area contributed by atoms with Crippen molar-refractivity contribution in [2.75, 3.05) is 20.1 Å². The number of likely N-dealkylation sites (N-methyl/N-ethyl adjacent to an activating group) is 1. The van der Waals surface area contributed by atoms with Crippen molar-refractivity contribution in [2.45, 2.75) is 50.2 Å². The van der Waals surface area contributed by atoms with E-state index in [9.17, 15) is 9.90 Å². The minimum absolute atomic E-state index is 0.141. The van der Waals surface area contributed by atoms with Gasteiger partial charge in [-0.25, -0.2) is 4.79 Å². The Balaban J connectivity index is 1.78. The highest BCUT2D eigenvalue weighted by molar-refractivity contribution is 5.84. The van der Waals surface area contributed by atoms with E-state index in [0.29, 0.717) is 0 Å². The normalized spacial score (nSPS) is 24.2. The molecule has 0 aromatic heterocycles. The Morgan fingerprint density at radius 2 is 1.92 bits per heavy atom. The first kappa shape index (κ1) is 18.0. The largest absolute Gasteiger partial charge is 0.458 e. The highest BCUT2D eigenvalue weighted by atomic mass is 16.6. The predicted octanol–water partition coefficient (Wildman–Crippen LogP) is 2.60. The molecule has 1 aliphatic carbocycles. The molecule has 0 radical (unpaired) electrons. The molecule has 0 spiro atoms. The van der Waals surface area contributed by atoms with Crippen LogP contribution in [0.3, 0.4) is 0 Å². The number of esters is 1. The molecule has 2 fully saturated rings. The van der Waals surface area contributed by atoms with Gasteiger partial charge in [0.1, 0.15) is 6.10 Å². The van der Waals surface area contributed by atoms with Crippen molar-refractivity contribution >= 4 is 5.97 Å². The third kappa shape index (κ3) is 4.42. The lowest BCUT2D eigenvalue weighted by Gasteiger charge is -2.33. The zero-order chi connectivity index (χ0) is 17.7. The van der Waals surface area contributed by atoms with Gasteiger partial charge in [-0.2, -0.15) is 0 Å². The van der Waals surface area contributed by atoms with Gasteiger partial charge in [0.05, 0.1) is 0 Å². The highest BCUT2D eigenvalue weighted by Gasteiger charge is 2.46. The number of hydrogen-bond acceptors (Lipinski definition) is 4. The van der Waals surface area contributed by atoms with Crippen LogP contribution in [0.2, 0.25) is 0 Å². The summed E-state index contributed by atoms with van der Waals surface area (Å²) in [5.41, 5.74) is -0.911. The second-order valence-electron chi connectivity index (χ2n) is 7.30. The van der Waals surface area contributed by atoms with Crippen LogP contribution in [-0.2, 0) is 9.53 Å². The number of rotatable bonds is 3. The maximum atomic E-state index is 12.9. The summed E-state index contributed by atoms with van der Waals surface area (Å²) in [7, 11) is 2.03. The van der Waals surface area contributed by atoms with Gasteiger partial charge in [-0.15, -0.1) is 0 Å². The summed E-state index contributed by atoms with van der Waals surface area (Å²) in [5.74, 6) is 5.14. The lowest BCUT2D eigenvalue weighted by atomic mass is 9.86. The van der Waals surface area contributed by atoms with Gasteiger partial charge in [-0.1, -0.05) is 42.9 Å². The van der Waals surface area contributed by atoms with Crippen molar-refractivity contribution in [2.24, 2.45) is 5.92 Å². The molecule has 4 nitrogen and oxygen atoms in total. The van der Waals surface area contributed by atoms with Crippen LogP contribution >= 0.6 is 0 Å². The summed E-state index contributed by atoms with van der Waals surface area (Å²) in [6.07, 6.45) is 5.39. The Morgan fingerprint density at radius 1 is 1.20 bits per heavy atom. The maximum Gasteiger partial charge on any atom is 0.351 e. The number of benzene rings is 1. The molecule has 4 heteroatoms. The summed E-state index contributed by atoms with van der Waals surface area (Å²) in [5, 5.41) is 11.2. The quantitative estimate of drug-likeness (QED) is 0.678. The molecule has 134 valence electrons. The smallest absolute Gasteiger partial charge is 0.351 e. The van der Waals surface area contributed by atoms with E-state index in [2.05, 4.69) is 16.7 Å². The molecule has 0 bridgehead atoms. The average molecular weight is 341 g/mol. The lowest BCUT2D eigenvalue weighted by molar-refractivity contribution is -0.172. The molecule has 2 aliphatic rings. The van der Waals surface area contributed by atoms with Crippen LogP contribution in [0.25, 0.3) is 0 Å². The van der Waals surface area contributed by atoms with E-state index in [-0.39, 0.29) is 12.0 Å². The second-order valence-corrected chi connectivity index (χ2v) is 7.30. The minimum Gasteiger partial charge on any atom is -0.458 e. The third-order valence-corrected chi connectivity index (χ3v) is 5.28. The number of nitrogens with zero attached hydrogens (tertiary/aromatic N) is 1. The fourth-order valence-corrected chi connectivity index (χ4v) is 3.81. The molecule has 25 heavy (non-hydrogen) atoms. The molecule has 1 N–H and O–H groups in total. The third-order valence-electron chi connectivity index (χ3n) is 5.28. The van der Waals surface area contributed by atoms with Gasteiger partial charge >= 0.3 is 5.97 Å². The Bertz CT molecular complexity index is 642. The molecule has 2 unspecified atom stereocenters. The lowest BCUT2D eigenvalue weighted by Crippen LogP contribution is -2.48. The second kappa shape index (κ2) is 8.03. The summed E-state index contributed by atoms with van der Waals surface area (Å²) < 4.78 is 5.69. The Hall–Kier alpha value is -1.83. The monoisotopic (exact) mass is 341 g/mol. The number of aliphatic hydroxyl groups is 1. The summed E-state index contributed by atoms with van der Waals surface area (Å²) in [6, 6.07) is 9.47. The van der Waals surface area contributed by atoms with Gasteiger partial charge in [-0.3, -0.25) is 0 Å². The topological polar surface area (TPSA) is 49.8 Å². The molecule has 1 aromatic rings. The first-order chi connectivity index (χ1) is 12.1. The standard InChI is InChI=1S/C21H27NO3/c1-22-15-7-12-19(16-22)25-20(23)21(24,18-10-5-6-11-18)14-13-17-8-3-2-4-9-17/h2-4,8-9,18-19,24H,5-7,10-12,15-16H2,1H3. The minimum atomic E-state index is -1.71. The van der Waals surface area contributed by atoms with Crippen LogP contribution in [0.4, 0.5) is 0 Å². The maximum absolute atomic E-state index is 12.9. The van der Waals surface area contributed by atoms with Crippen molar-refractivity contribution in [3.05, 3.63) is 35.9 Å². The molecule has 0 amide bonds. The predicted molar refractivity (Wildman–Crippen MR) is 96.8 cm³/mol. The number of carbonyl (C=O) groups excluding carboxylic acids is 1. The number of piperidine rings is 1. The van der Waals surface area contributed by atoms with Crippen molar-refractivity contribution in [3.63, 3.8) is 0 Å². The van der Waals surface area contributed by atoms with Crippen LogP contribution in [0.15, 0.2) is 30.3 Å². The first-order valence-corrected chi connectivity index (χ1v) is 9.28. The molecule has 1 aliphatic heterocycles. The van der Waals surface area contributed by atoms with Gasteiger partial charge in [0, 0.05) is 18.0 Å². The number of ether oxygens (including phenoxy) is 1. The van der Waals surface area contributed by atoms with E-state index in [1.807, 2.05) is 37.4 Å². The first-order valence-electron chi connectivity index (χ1n) is 9.28. The van der Waals surface area contributed by atoms with Gasteiger partial charge in [0.25, 0.3) is 0 Å². The molecule has 2 atom stereocenters. The van der Waals surface area contributed by atoms with E-state index in [1.165, 1.54) is 0 Å². The molecule has 1 saturated heterocycles.